The Bertz CT molecular complexity index is 222. The van der Waals surface area contributed by atoms with Crippen molar-refractivity contribution in [2.75, 3.05) is 20.1 Å². The van der Waals surface area contributed by atoms with Gasteiger partial charge in [0, 0.05) is 19.0 Å². The second-order valence-corrected chi connectivity index (χ2v) is 5.55. The standard InChI is InChI=1S/C13H26N2O/c1-11(9-14-3)12(16)15-10-13(2)7-5-4-6-8-13/h11,14H,4-10H2,1-3H3,(H,15,16). The lowest BCUT2D eigenvalue weighted by atomic mass is 9.75. The molecule has 1 fully saturated rings. The molecule has 1 saturated carbocycles. The smallest absolute Gasteiger partial charge is 0.224 e. The maximum Gasteiger partial charge on any atom is 0.224 e. The number of amides is 1. The molecule has 0 saturated heterocycles. The summed E-state index contributed by atoms with van der Waals surface area (Å²) in [7, 11) is 1.88. The van der Waals surface area contributed by atoms with E-state index in [0.29, 0.717) is 5.41 Å². The van der Waals surface area contributed by atoms with Crippen molar-refractivity contribution >= 4 is 5.91 Å². The van der Waals surface area contributed by atoms with Gasteiger partial charge in [-0.25, -0.2) is 0 Å². The average molecular weight is 226 g/mol. The van der Waals surface area contributed by atoms with E-state index in [-0.39, 0.29) is 11.8 Å². The van der Waals surface area contributed by atoms with Crippen molar-refractivity contribution in [3.05, 3.63) is 0 Å². The van der Waals surface area contributed by atoms with Gasteiger partial charge >= 0.3 is 0 Å². The molecule has 1 unspecified atom stereocenters. The van der Waals surface area contributed by atoms with E-state index >= 15 is 0 Å². The fraction of sp³-hybridized carbons (Fsp3) is 0.923. The Morgan fingerprint density at radius 3 is 2.50 bits per heavy atom. The molecule has 1 aliphatic carbocycles. The van der Waals surface area contributed by atoms with Crippen LogP contribution in [0.1, 0.15) is 46.0 Å². The van der Waals surface area contributed by atoms with E-state index in [2.05, 4.69) is 17.6 Å². The van der Waals surface area contributed by atoms with Crippen molar-refractivity contribution in [2.24, 2.45) is 11.3 Å². The molecule has 16 heavy (non-hydrogen) atoms. The minimum absolute atomic E-state index is 0.0668. The lowest BCUT2D eigenvalue weighted by molar-refractivity contribution is -0.124. The molecule has 0 aromatic heterocycles. The number of carbonyl (C=O) groups excluding carboxylic acids is 1. The van der Waals surface area contributed by atoms with Crippen LogP contribution in [0, 0.1) is 11.3 Å². The molecule has 1 atom stereocenters. The zero-order valence-electron chi connectivity index (χ0n) is 10.9. The predicted octanol–water partition coefficient (Wildman–Crippen LogP) is 1.93. The third-order valence-corrected chi connectivity index (χ3v) is 3.71. The largest absolute Gasteiger partial charge is 0.355 e. The van der Waals surface area contributed by atoms with Gasteiger partial charge in [-0.2, -0.15) is 0 Å². The lowest BCUT2D eigenvalue weighted by Crippen LogP contribution is -2.41. The molecular formula is C13H26N2O. The molecular weight excluding hydrogens is 200 g/mol. The van der Waals surface area contributed by atoms with Gasteiger partial charge in [-0.1, -0.05) is 33.1 Å². The second kappa shape index (κ2) is 6.24. The van der Waals surface area contributed by atoms with Crippen molar-refractivity contribution in [2.45, 2.75) is 46.0 Å². The first-order chi connectivity index (χ1) is 7.57. The SMILES string of the molecule is CNCC(C)C(=O)NCC1(C)CCCCC1. The zero-order chi connectivity index (χ0) is 12.0. The summed E-state index contributed by atoms with van der Waals surface area (Å²) in [6.45, 7) is 5.87. The van der Waals surface area contributed by atoms with Crippen LogP contribution in [0.4, 0.5) is 0 Å². The van der Waals surface area contributed by atoms with Crippen LogP contribution in [-0.4, -0.2) is 26.0 Å². The van der Waals surface area contributed by atoms with E-state index in [1.165, 1.54) is 32.1 Å². The van der Waals surface area contributed by atoms with E-state index in [4.69, 9.17) is 0 Å². The number of hydrogen-bond acceptors (Lipinski definition) is 2. The molecule has 0 heterocycles. The Kier molecular flexibility index (Phi) is 5.26. The molecule has 0 bridgehead atoms. The maximum absolute atomic E-state index is 11.8. The highest BCUT2D eigenvalue weighted by Crippen LogP contribution is 2.34. The Morgan fingerprint density at radius 2 is 1.94 bits per heavy atom. The third kappa shape index (κ3) is 4.12. The van der Waals surface area contributed by atoms with Gasteiger partial charge in [-0.05, 0) is 25.3 Å². The van der Waals surface area contributed by atoms with Crippen LogP contribution in [-0.2, 0) is 4.79 Å². The van der Waals surface area contributed by atoms with Crippen LogP contribution in [0.5, 0.6) is 0 Å². The molecule has 0 aromatic rings. The van der Waals surface area contributed by atoms with Gasteiger partial charge < -0.3 is 10.6 Å². The van der Waals surface area contributed by atoms with Crippen LogP contribution < -0.4 is 10.6 Å². The van der Waals surface area contributed by atoms with E-state index in [1.54, 1.807) is 0 Å². The van der Waals surface area contributed by atoms with Crippen LogP contribution in [0.25, 0.3) is 0 Å². The van der Waals surface area contributed by atoms with Gasteiger partial charge in [0.1, 0.15) is 0 Å². The van der Waals surface area contributed by atoms with Crippen LogP contribution in [0.2, 0.25) is 0 Å². The van der Waals surface area contributed by atoms with Gasteiger partial charge in [0.15, 0.2) is 0 Å². The van der Waals surface area contributed by atoms with Gasteiger partial charge in [0.2, 0.25) is 5.91 Å². The van der Waals surface area contributed by atoms with E-state index in [1.807, 2.05) is 14.0 Å². The molecule has 0 spiro atoms. The van der Waals surface area contributed by atoms with Gasteiger partial charge in [-0.15, -0.1) is 0 Å². The van der Waals surface area contributed by atoms with E-state index in [0.717, 1.165) is 13.1 Å². The van der Waals surface area contributed by atoms with Gasteiger partial charge in [0.25, 0.3) is 0 Å². The number of nitrogens with one attached hydrogen (secondary N) is 2. The minimum atomic E-state index is 0.0668. The highest BCUT2D eigenvalue weighted by Gasteiger charge is 2.27. The molecule has 1 rings (SSSR count). The maximum atomic E-state index is 11.8. The first-order valence-corrected chi connectivity index (χ1v) is 6.50. The monoisotopic (exact) mass is 226 g/mol. The highest BCUT2D eigenvalue weighted by molar-refractivity contribution is 5.78. The Labute approximate surface area is 99.4 Å². The molecule has 0 aliphatic heterocycles. The summed E-state index contributed by atoms with van der Waals surface area (Å²) in [6, 6.07) is 0. The second-order valence-electron chi connectivity index (χ2n) is 5.55. The summed E-state index contributed by atoms with van der Waals surface area (Å²) in [5.74, 6) is 0.248. The summed E-state index contributed by atoms with van der Waals surface area (Å²) in [4.78, 5) is 11.8. The molecule has 1 amide bonds. The van der Waals surface area contributed by atoms with Crippen molar-refractivity contribution in [1.82, 2.24) is 10.6 Å². The van der Waals surface area contributed by atoms with Crippen LogP contribution >= 0.6 is 0 Å². The van der Waals surface area contributed by atoms with Crippen LogP contribution in [0.15, 0.2) is 0 Å². The molecule has 2 N–H and O–H groups in total. The molecule has 0 radical (unpaired) electrons. The van der Waals surface area contributed by atoms with Crippen molar-refractivity contribution in [3.63, 3.8) is 0 Å². The van der Waals surface area contributed by atoms with E-state index in [9.17, 15) is 4.79 Å². The number of carbonyl (C=O) groups is 1. The summed E-state index contributed by atoms with van der Waals surface area (Å²) >= 11 is 0. The first-order valence-electron chi connectivity index (χ1n) is 6.50. The number of rotatable bonds is 5. The quantitative estimate of drug-likeness (QED) is 0.752. The summed E-state index contributed by atoms with van der Waals surface area (Å²) < 4.78 is 0. The normalized spacial score (nSPS) is 21.4. The van der Waals surface area contributed by atoms with Crippen LogP contribution in [0.3, 0.4) is 0 Å². The number of hydrogen-bond donors (Lipinski definition) is 2. The fourth-order valence-corrected chi connectivity index (χ4v) is 2.46. The summed E-state index contributed by atoms with van der Waals surface area (Å²) in [5.41, 5.74) is 0.341. The molecule has 3 nitrogen and oxygen atoms in total. The minimum Gasteiger partial charge on any atom is -0.355 e. The Balaban J connectivity index is 2.29. The summed E-state index contributed by atoms with van der Waals surface area (Å²) in [6.07, 6.45) is 6.51. The lowest BCUT2D eigenvalue weighted by Gasteiger charge is -2.34. The first kappa shape index (κ1) is 13.5. The van der Waals surface area contributed by atoms with Gasteiger partial charge in [-0.3, -0.25) is 4.79 Å². The van der Waals surface area contributed by atoms with Crippen molar-refractivity contribution in [3.8, 4) is 0 Å². The highest BCUT2D eigenvalue weighted by atomic mass is 16.1. The predicted molar refractivity (Wildman–Crippen MR) is 67.3 cm³/mol. The van der Waals surface area contributed by atoms with Crippen molar-refractivity contribution in [1.29, 1.82) is 0 Å². The van der Waals surface area contributed by atoms with Gasteiger partial charge in [0.05, 0.1) is 0 Å². The van der Waals surface area contributed by atoms with Crippen molar-refractivity contribution < 1.29 is 4.79 Å². The molecule has 1 aliphatic rings. The average Bonchev–Trinajstić information content (AvgIpc) is 2.27. The molecule has 0 aromatic carbocycles. The van der Waals surface area contributed by atoms with E-state index < -0.39 is 0 Å². The Morgan fingerprint density at radius 1 is 1.31 bits per heavy atom. The Hall–Kier alpha value is -0.570. The topological polar surface area (TPSA) is 41.1 Å². The molecule has 94 valence electrons. The summed E-state index contributed by atoms with van der Waals surface area (Å²) in [5, 5.41) is 6.13. The molecule has 3 heteroatoms. The third-order valence-electron chi connectivity index (χ3n) is 3.71. The zero-order valence-corrected chi connectivity index (χ0v) is 10.9. The fourth-order valence-electron chi connectivity index (χ4n) is 2.46.